The van der Waals surface area contributed by atoms with Gasteiger partial charge < -0.3 is 5.32 Å². The summed E-state index contributed by atoms with van der Waals surface area (Å²) in [5, 5.41) is 16.5. The van der Waals surface area contributed by atoms with Gasteiger partial charge in [-0.05, 0) is 36.8 Å². The number of aryl methyl sites for hydroxylation is 1. The summed E-state index contributed by atoms with van der Waals surface area (Å²) >= 11 is 0. The number of hydrogen-bond donors (Lipinski definition) is 2. The summed E-state index contributed by atoms with van der Waals surface area (Å²) in [5.41, 5.74) is 2.54. The SMILES string of the molecule is CC(NC(=O)CCc1nn[nH]n1)c1ccc(C2CC2)cc1. The van der Waals surface area contributed by atoms with E-state index in [1.807, 2.05) is 6.92 Å². The van der Waals surface area contributed by atoms with Crippen molar-refractivity contribution in [2.45, 2.75) is 44.6 Å². The molecule has 1 aliphatic rings. The van der Waals surface area contributed by atoms with Crippen LogP contribution in [-0.4, -0.2) is 26.5 Å². The maximum atomic E-state index is 11.9. The molecule has 110 valence electrons. The number of aromatic amines is 1. The van der Waals surface area contributed by atoms with Crippen molar-refractivity contribution in [2.75, 3.05) is 0 Å². The molecule has 6 heteroatoms. The minimum absolute atomic E-state index is 0.00132. The summed E-state index contributed by atoms with van der Waals surface area (Å²) in [7, 11) is 0. The van der Waals surface area contributed by atoms with Gasteiger partial charge in [-0.1, -0.05) is 29.5 Å². The first kappa shape index (κ1) is 13.7. The van der Waals surface area contributed by atoms with Gasteiger partial charge in [-0.25, -0.2) is 0 Å². The van der Waals surface area contributed by atoms with E-state index in [0.29, 0.717) is 18.7 Å². The van der Waals surface area contributed by atoms with Crippen molar-refractivity contribution in [1.29, 1.82) is 0 Å². The second-order valence-corrected chi connectivity index (χ2v) is 5.56. The molecule has 1 heterocycles. The Morgan fingerprint density at radius 3 is 2.76 bits per heavy atom. The molecule has 0 bridgehead atoms. The third kappa shape index (κ3) is 3.65. The van der Waals surface area contributed by atoms with E-state index < -0.39 is 0 Å². The number of tetrazole rings is 1. The maximum Gasteiger partial charge on any atom is 0.220 e. The van der Waals surface area contributed by atoms with E-state index in [4.69, 9.17) is 0 Å². The molecule has 3 rings (SSSR count). The van der Waals surface area contributed by atoms with Crippen LogP contribution in [0.4, 0.5) is 0 Å². The number of aromatic nitrogens is 4. The average molecular weight is 285 g/mol. The van der Waals surface area contributed by atoms with Crippen LogP contribution in [0.25, 0.3) is 0 Å². The van der Waals surface area contributed by atoms with Crippen LogP contribution in [0.15, 0.2) is 24.3 Å². The first-order valence-electron chi connectivity index (χ1n) is 7.34. The van der Waals surface area contributed by atoms with Gasteiger partial charge in [-0.15, -0.1) is 10.2 Å². The highest BCUT2D eigenvalue weighted by atomic mass is 16.1. The third-order valence-corrected chi connectivity index (χ3v) is 3.83. The fourth-order valence-corrected chi connectivity index (χ4v) is 2.38. The van der Waals surface area contributed by atoms with Gasteiger partial charge in [0.25, 0.3) is 0 Å². The normalized spacial score (nSPS) is 15.7. The Morgan fingerprint density at radius 2 is 2.14 bits per heavy atom. The highest BCUT2D eigenvalue weighted by molar-refractivity contribution is 5.76. The number of amides is 1. The lowest BCUT2D eigenvalue weighted by Gasteiger charge is -2.14. The zero-order valence-electron chi connectivity index (χ0n) is 12.0. The van der Waals surface area contributed by atoms with Crippen molar-refractivity contribution < 1.29 is 4.79 Å². The minimum Gasteiger partial charge on any atom is -0.350 e. The zero-order valence-corrected chi connectivity index (χ0v) is 12.0. The number of nitrogens with zero attached hydrogens (tertiary/aromatic N) is 3. The van der Waals surface area contributed by atoms with Crippen molar-refractivity contribution in [2.24, 2.45) is 0 Å². The van der Waals surface area contributed by atoms with Gasteiger partial charge in [-0.2, -0.15) is 5.21 Å². The monoisotopic (exact) mass is 285 g/mol. The molecular formula is C15H19N5O. The van der Waals surface area contributed by atoms with Crippen LogP contribution >= 0.6 is 0 Å². The molecule has 1 amide bonds. The summed E-state index contributed by atoms with van der Waals surface area (Å²) in [6.07, 6.45) is 3.48. The van der Waals surface area contributed by atoms with Crippen LogP contribution in [0, 0.1) is 0 Å². The lowest BCUT2D eigenvalue weighted by Crippen LogP contribution is -2.26. The second-order valence-electron chi connectivity index (χ2n) is 5.56. The summed E-state index contributed by atoms with van der Waals surface area (Å²) in [5.74, 6) is 1.32. The summed E-state index contributed by atoms with van der Waals surface area (Å²) in [6, 6.07) is 8.58. The van der Waals surface area contributed by atoms with Crippen LogP contribution in [0.5, 0.6) is 0 Å². The quantitative estimate of drug-likeness (QED) is 0.849. The predicted molar refractivity (Wildman–Crippen MR) is 77.5 cm³/mol. The topological polar surface area (TPSA) is 83.6 Å². The van der Waals surface area contributed by atoms with Gasteiger partial charge in [-0.3, -0.25) is 4.79 Å². The Hall–Kier alpha value is -2.24. The highest BCUT2D eigenvalue weighted by Gasteiger charge is 2.23. The van der Waals surface area contributed by atoms with Crippen molar-refractivity contribution in [3.05, 3.63) is 41.2 Å². The largest absolute Gasteiger partial charge is 0.350 e. The zero-order chi connectivity index (χ0) is 14.7. The smallest absolute Gasteiger partial charge is 0.220 e. The fraction of sp³-hybridized carbons (Fsp3) is 0.467. The fourth-order valence-electron chi connectivity index (χ4n) is 2.38. The van der Waals surface area contributed by atoms with Crippen LogP contribution in [0.2, 0.25) is 0 Å². The van der Waals surface area contributed by atoms with Crippen molar-refractivity contribution >= 4 is 5.91 Å². The first-order chi connectivity index (χ1) is 10.2. The number of nitrogens with one attached hydrogen (secondary N) is 2. The Morgan fingerprint density at radius 1 is 1.38 bits per heavy atom. The summed E-state index contributed by atoms with van der Waals surface area (Å²) < 4.78 is 0. The number of carbonyl (C=O) groups is 1. The Bertz CT molecular complexity index is 589. The number of rotatable bonds is 6. The number of H-pyrrole nitrogens is 1. The number of carbonyl (C=O) groups excluding carboxylic acids is 1. The predicted octanol–water partition coefficient (Wildman–Crippen LogP) is 1.89. The van der Waals surface area contributed by atoms with Gasteiger partial charge in [0.15, 0.2) is 5.82 Å². The van der Waals surface area contributed by atoms with Crippen molar-refractivity contribution in [3.8, 4) is 0 Å². The Kier molecular flexibility index (Phi) is 3.94. The van der Waals surface area contributed by atoms with Crippen LogP contribution in [0.3, 0.4) is 0 Å². The molecule has 1 fully saturated rings. The molecule has 1 atom stereocenters. The van der Waals surface area contributed by atoms with Crippen molar-refractivity contribution in [3.63, 3.8) is 0 Å². The molecule has 1 aliphatic carbocycles. The number of benzene rings is 1. The molecule has 2 aromatic rings. The minimum atomic E-state index is -0.00132. The maximum absolute atomic E-state index is 11.9. The molecule has 0 radical (unpaired) electrons. The van der Waals surface area contributed by atoms with Gasteiger partial charge in [0.2, 0.25) is 5.91 Å². The average Bonchev–Trinajstić information content (AvgIpc) is 3.22. The molecule has 0 aliphatic heterocycles. The summed E-state index contributed by atoms with van der Waals surface area (Å²) in [4.78, 5) is 11.9. The lowest BCUT2D eigenvalue weighted by molar-refractivity contribution is -0.121. The van der Waals surface area contributed by atoms with E-state index in [2.05, 4.69) is 50.2 Å². The molecule has 1 unspecified atom stereocenters. The van der Waals surface area contributed by atoms with E-state index in [-0.39, 0.29) is 11.9 Å². The van der Waals surface area contributed by atoms with E-state index in [1.54, 1.807) is 0 Å². The molecule has 1 saturated carbocycles. The van der Waals surface area contributed by atoms with Gasteiger partial charge in [0.05, 0.1) is 6.04 Å². The molecule has 6 nitrogen and oxygen atoms in total. The van der Waals surface area contributed by atoms with Crippen LogP contribution in [-0.2, 0) is 11.2 Å². The number of hydrogen-bond acceptors (Lipinski definition) is 4. The van der Waals surface area contributed by atoms with Crippen LogP contribution in [0.1, 0.15) is 55.1 Å². The van der Waals surface area contributed by atoms with Gasteiger partial charge >= 0.3 is 0 Å². The highest BCUT2D eigenvalue weighted by Crippen LogP contribution is 2.40. The second kappa shape index (κ2) is 6.03. The Labute approximate surface area is 123 Å². The molecule has 0 spiro atoms. The van der Waals surface area contributed by atoms with E-state index in [0.717, 1.165) is 11.5 Å². The van der Waals surface area contributed by atoms with Gasteiger partial charge in [0, 0.05) is 12.8 Å². The van der Waals surface area contributed by atoms with Gasteiger partial charge in [0.1, 0.15) is 0 Å². The van der Waals surface area contributed by atoms with E-state index in [1.165, 1.54) is 18.4 Å². The van der Waals surface area contributed by atoms with E-state index >= 15 is 0 Å². The molecule has 0 saturated heterocycles. The summed E-state index contributed by atoms with van der Waals surface area (Å²) in [6.45, 7) is 2.00. The lowest BCUT2D eigenvalue weighted by atomic mass is 10.0. The molecule has 2 N–H and O–H groups in total. The first-order valence-corrected chi connectivity index (χ1v) is 7.34. The third-order valence-electron chi connectivity index (χ3n) is 3.83. The molecule has 1 aromatic heterocycles. The standard InChI is InChI=1S/C15H19N5O/c1-10(11-2-4-12(5-3-11)13-6-7-13)16-15(21)9-8-14-17-19-20-18-14/h2-5,10,13H,6-9H2,1H3,(H,16,21)(H,17,18,19,20). The molecule has 1 aromatic carbocycles. The van der Waals surface area contributed by atoms with Crippen LogP contribution < -0.4 is 5.32 Å². The van der Waals surface area contributed by atoms with Crippen molar-refractivity contribution in [1.82, 2.24) is 25.9 Å². The van der Waals surface area contributed by atoms with E-state index in [9.17, 15) is 4.79 Å². The Balaban J connectivity index is 1.50. The molecular weight excluding hydrogens is 266 g/mol. The molecule has 21 heavy (non-hydrogen) atoms.